The van der Waals surface area contributed by atoms with Gasteiger partial charge in [0.2, 0.25) is 0 Å². The SMILES string of the molecule is CCc1c(C=O)ccc(OC)c1F. The minimum absolute atomic E-state index is 0.183. The number of ether oxygens (including phenoxy) is 1. The molecule has 0 fully saturated rings. The monoisotopic (exact) mass is 182 g/mol. The standard InChI is InChI=1S/C10H11FO2/c1-3-8-7(6-12)4-5-9(13-2)10(8)11/h4-6H,3H2,1-2H3. The van der Waals surface area contributed by atoms with Crippen molar-refractivity contribution >= 4 is 6.29 Å². The van der Waals surface area contributed by atoms with Crippen molar-refractivity contribution < 1.29 is 13.9 Å². The summed E-state index contributed by atoms with van der Waals surface area (Å²) in [5.41, 5.74) is 0.801. The van der Waals surface area contributed by atoms with Gasteiger partial charge in [0.25, 0.3) is 0 Å². The molecule has 0 atom stereocenters. The van der Waals surface area contributed by atoms with E-state index < -0.39 is 5.82 Å². The van der Waals surface area contributed by atoms with Crippen LogP contribution in [0.4, 0.5) is 4.39 Å². The fourth-order valence-electron chi connectivity index (χ4n) is 1.24. The van der Waals surface area contributed by atoms with Gasteiger partial charge in [0.1, 0.15) is 6.29 Å². The Morgan fingerprint density at radius 2 is 2.23 bits per heavy atom. The zero-order valence-electron chi connectivity index (χ0n) is 7.63. The highest BCUT2D eigenvalue weighted by atomic mass is 19.1. The van der Waals surface area contributed by atoms with Gasteiger partial charge in [0.05, 0.1) is 7.11 Å². The van der Waals surface area contributed by atoms with Crippen LogP contribution in [-0.2, 0) is 6.42 Å². The summed E-state index contributed by atoms with van der Waals surface area (Å²) in [7, 11) is 1.40. The molecule has 0 bridgehead atoms. The summed E-state index contributed by atoms with van der Waals surface area (Å²) in [5.74, 6) is -0.253. The topological polar surface area (TPSA) is 26.3 Å². The van der Waals surface area contributed by atoms with Gasteiger partial charge in [-0.2, -0.15) is 0 Å². The van der Waals surface area contributed by atoms with Gasteiger partial charge in [0, 0.05) is 11.1 Å². The molecule has 0 saturated carbocycles. The first-order chi connectivity index (χ1) is 6.24. The number of rotatable bonds is 3. The van der Waals surface area contributed by atoms with Gasteiger partial charge in [-0.15, -0.1) is 0 Å². The predicted molar refractivity (Wildman–Crippen MR) is 47.7 cm³/mol. The number of carbonyl (C=O) groups excluding carboxylic acids is 1. The van der Waals surface area contributed by atoms with Gasteiger partial charge in [-0.1, -0.05) is 6.92 Å². The van der Waals surface area contributed by atoms with Crippen LogP contribution in [0.2, 0.25) is 0 Å². The van der Waals surface area contributed by atoms with E-state index >= 15 is 0 Å². The number of aldehydes is 1. The van der Waals surface area contributed by atoms with E-state index in [9.17, 15) is 9.18 Å². The van der Waals surface area contributed by atoms with Crippen LogP contribution in [0.1, 0.15) is 22.8 Å². The van der Waals surface area contributed by atoms with E-state index in [4.69, 9.17) is 4.74 Å². The number of carbonyl (C=O) groups is 1. The number of halogens is 1. The normalized spacial score (nSPS) is 9.77. The minimum Gasteiger partial charge on any atom is -0.494 e. The van der Waals surface area contributed by atoms with E-state index in [0.717, 1.165) is 0 Å². The van der Waals surface area contributed by atoms with Crippen molar-refractivity contribution in [1.29, 1.82) is 0 Å². The smallest absolute Gasteiger partial charge is 0.168 e. The molecule has 1 rings (SSSR count). The minimum atomic E-state index is -0.436. The lowest BCUT2D eigenvalue weighted by molar-refractivity contribution is 0.112. The van der Waals surface area contributed by atoms with Gasteiger partial charge in [-0.3, -0.25) is 4.79 Å². The summed E-state index contributed by atoms with van der Waals surface area (Å²) >= 11 is 0. The molecule has 70 valence electrons. The molecule has 1 aromatic rings. The van der Waals surface area contributed by atoms with Crippen molar-refractivity contribution in [3.8, 4) is 5.75 Å². The van der Waals surface area contributed by atoms with E-state index in [1.54, 1.807) is 13.0 Å². The molecule has 0 heterocycles. The molecule has 0 aliphatic carbocycles. The molecule has 0 N–H and O–H groups in total. The first-order valence-corrected chi connectivity index (χ1v) is 4.05. The van der Waals surface area contributed by atoms with Crippen molar-refractivity contribution in [2.75, 3.05) is 7.11 Å². The molecule has 0 amide bonds. The van der Waals surface area contributed by atoms with Gasteiger partial charge >= 0.3 is 0 Å². The van der Waals surface area contributed by atoms with Crippen molar-refractivity contribution in [3.05, 3.63) is 29.1 Å². The third-order valence-electron chi connectivity index (χ3n) is 1.94. The number of benzene rings is 1. The lowest BCUT2D eigenvalue weighted by Crippen LogP contribution is -1.98. The van der Waals surface area contributed by atoms with Crippen molar-refractivity contribution in [3.63, 3.8) is 0 Å². The van der Waals surface area contributed by atoms with Crippen LogP contribution in [-0.4, -0.2) is 13.4 Å². The fraction of sp³-hybridized carbons (Fsp3) is 0.300. The molecular formula is C10H11FO2. The molecule has 0 aliphatic heterocycles. The van der Waals surface area contributed by atoms with Crippen LogP contribution >= 0.6 is 0 Å². The van der Waals surface area contributed by atoms with Crippen molar-refractivity contribution in [2.24, 2.45) is 0 Å². The number of hydrogen-bond donors (Lipinski definition) is 0. The molecule has 2 nitrogen and oxygen atoms in total. The Balaban J connectivity index is 3.31. The van der Waals surface area contributed by atoms with E-state index in [0.29, 0.717) is 23.8 Å². The zero-order chi connectivity index (χ0) is 9.84. The van der Waals surface area contributed by atoms with Gasteiger partial charge < -0.3 is 4.74 Å². The van der Waals surface area contributed by atoms with Crippen LogP contribution in [0.5, 0.6) is 5.75 Å². The molecule has 0 spiro atoms. The highest BCUT2D eigenvalue weighted by molar-refractivity contribution is 5.77. The summed E-state index contributed by atoms with van der Waals surface area (Å²) in [4.78, 5) is 10.5. The second-order valence-electron chi connectivity index (χ2n) is 2.62. The molecular weight excluding hydrogens is 171 g/mol. The second kappa shape index (κ2) is 4.03. The third kappa shape index (κ3) is 1.69. The van der Waals surface area contributed by atoms with E-state index in [1.165, 1.54) is 13.2 Å². The summed E-state index contributed by atoms with van der Waals surface area (Å²) in [6.45, 7) is 1.80. The first kappa shape index (κ1) is 9.71. The lowest BCUT2D eigenvalue weighted by atomic mass is 10.1. The number of methoxy groups -OCH3 is 1. The van der Waals surface area contributed by atoms with Crippen LogP contribution in [0.3, 0.4) is 0 Å². The van der Waals surface area contributed by atoms with E-state index in [1.807, 2.05) is 0 Å². The average molecular weight is 182 g/mol. The summed E-state index contributed by atoms with van der Waals surface area (Å²) in [6, 6.07) is 3.02. The van der Waals surface area contributed by atoms with Crippen LogP contribution in [0.25, 0.3) is 0 Å². The first-order valence-electron chi connectivity index (χ1n) is 4.05. The van der Waals surface area contributed by atoms with Crippen LogP contribution < -0.4 is 4.74 Å². The van der Waals surface area contributed by atoms with Crippen LogP contribution in [0, 0.1) is 5.82 Å². The fourth-order valence-corrected chi connectivity index (χ4v) is 1.24. The van der Waals surface area contributed by atoms with Gasteiger partial charge in [-0.25, -0.2) is 4.39 Å². The van der Waals surface area contributed by atoms with Crippen LogP contribution in [0.15, 0.2) is 12.1 Å². The molecule has 13 heavy (non-hydrogen) atoms. The molecule has 3 heteroatoms. The zero-order valence-corrected chi connectivity index (χ0v) is 7.63. The largest absolute Gasteiger partial charge is 0.494 e. The Morgan fingerprint density at radius 1 is 1.54 bits per heavy atom. The summed E-state index contributed by atoms with van der Waals surface area (Å²) in [6.07, 6.45) is 1.14. The Bertz CT molecular complexity index is 321. The predicted octanol–water partition coefficient (Wildman–Crippen LogP) is 2.21. The van der Waals surface area contributed by atoms with E-state index in [2.05, 4.69) is 0 Å². The van der Waals surface area contributed by atoms with Gasteiger partial charge in [-0.05, 0) is 18.6 Å². The highest BCUT2D eigenvalue weighted by Gasteiger charge is 2.11. The maximum Gasteiger partial charge on any atom is 0.168 e. The van der Waals surface area contributed by atoms with Gasteiger partial charge in [0.15, 0.2) is 11.6 Å². The molecule has 0 radical (unpaired) electrons. The Kier molecular flexibility index (Phi) is 3.01. The maximum atomic E-state index is 13.4. The molecule has 0 unspecified atom stereocenters. The Labute approximate surface area is 76.3 Å². The quantitative estimate of drug-likeness (QED) is 0.670. The number of hydrogen-bond acceptors (Lipinski definition) is 2. The Hall–Kier alpha value is -1.38. The van der Waals surface area contributed by atoms with Crippen molar-refractivity contribution in [2.45, 2.75) is 13.3 Å². The molecule has 0 saturated heterocycles. The third-order valence-corrected chi connectivity index (χ3v) is 1.94. The molecule has 0 aromatic heterocycles. The second-order valence-corrected chi connectivity index (χ2v) is 2.62. The molecule has 0 aliphatic rings. The maximum absolute atomic E-state index is 13.4. The summed E-state index contributed by atoms with van der Waals surface area (Å²) < 4.78 is 18.2. The molecule has 1 aromatic carbocycles. The Morgan fingerprint density at radius 3 is 2.69 bits per heavy atom. The van der Waals surface area contributed by atoms with Crippen molar-refractivity contribution in [1.82, 2.24) is 0 Å². The highest BCUT2D eigenvalue weighted by Crippen LogP contribution is 2.23. The van der Waals surface area contributed by atoms with E-state index in [-0.39, 0.29) is 5.75 Å². The average Bonchev–Trinajstić information content (AvgIpc) is 2.17. The summed E-state index contributed by atoms with van der Waals surface area (Å²) in [5, 5.41) is 0. The lowest BCUT2D eigenvalue weighted by Gasteiger charge is -2.07.